The number of aliphatic hydroxyl groups is 1. The zero-order valence-corrected chi connectivity index (χ0v) is 13.3. The van der Waals surface area contributed by atoms with Crippen LogP contribution in [0.5, 0.6) is 0 Å². The van der Waals surface area contributed by atoms with Crippen LogP contribution in [-0.2, 0) is 6.18 Å². The van der Waals surface area contributed by atoms with Crippen molar-refractivity contribution in [1.82, 2.24) is 5.32 Å². The van der Waals surface area contributed by atoms with E-state index in [-0.39, 0.29) is 12.3 Å². The van der Waals surface area contributed by atoms with Gasteiger partial charge in [0.25, 0.3) is 5.91 Å². The zero-order chi connectivity index (χ0) is 18.7. The molecule has 2 aromatic heterocycles. The summed E-state index contributed by atoms with van der Waals surface area (Å²) in [5.74, 6) is 0.0694. The second-order valence-corrected chi connectivity index (χ2v) is 5.45. The SMILES string of the molecule is O=C(NCC(O)c1ccc(-c2ccco2)o1)c1ccccc1C(F)(F)F. The first-order valence-electron chi connectivity index (χ1n) is 7.62. The van der Waals surface area contributed by atoms with Crippen molar-refractivity contribution in [2.75, 3.05) is 6.54 Å². The lowest BCUT2D eigenvalue weighted by molar-refractivity contribution is -0.137. The molecule has 136 valence electrons. The Bertz CT molecular complexity index is 884. The minimum Gasteiger partial charge on any atom is -0.461 e. The summed E-state index contributed by atoms with van der Waals surface area (Å²) in [4.78, 5) is 12.1. The Hall–Kier alpha value is -3.00. The number of rotatable bonds is 5. The highest BCUT2D eigenvalue weighted by molar-refractivity contribution is 5.95. The van der Waals surface area contributed by atoms with Crippen molar-refractivity contribution in [3.8, 4) is 11.5 Å². The Morgan fingerprint density at radius 1 is 1.08 bits per heavy atom. The van der Waals surface area contributed by atoms with Crippen LogP contribution in [-0.4, -0.2) is 17.6 Å². The smallest absolute Gasteiger partial charge is 0.417 e. The summed E-state index contributed by atoms with van der Waals surface area (Å²) >= 11 is 0. The van der Waals surface area contributed by atoms with Crippen LogP contribution in [0.3, 0.4) is 0 Å². The molecule has 3 rings (SSSR count). The molecule has 0 bridgehead atoms. The van der Waals surface area contributed by atoms with Crippen LogP contribution in [0, 0.1) is 0 Å². The third-order valence-electron chi connectivity index (χ3n) is 3.65. The van der Waals surface area contributed by atoms with E-state index in [0.29, 0.717) is 11.5 Å². The van der Waals surface area contributed by atoms with Crippen LogP contribution in [0.2, 0.25) is 0 Å². The lowest BCUT2D eigenvalue weighted by Crippen LogP contribution is -2.30. The number of halogens is 3. The second-order valence-electron chi connectivity index (χ2n) is 5.45. The molecule has 0 saturated carbocycles. The fourth-order valence-corrected chi connectivity index (χ4v) is 2.40. The molecular formula is C18H14F3NO4. The van der Waals surface area contributed by atoms with Crippen LogP contribution >= 0.6 is 0 Å². The van der Waals surface area contributed by atoms with E-state index in [2.05, 4.69) is 5.32 Å². The maximum Gasteiger partial charge on any atom is 0.417 e. The van der Waals surface area contributed by atoms with Crippen LogP contribution in [0.25, 0.3) is 11.5 Å². The lowest BCUT2D eigenvalue weighted by Gasteiger charge is -2.14. The number of furan rings is 2. The van der Waals surface area contributed by atoms with Gasteiger partial charge < -0.3 is 19.3 Å². The van der Waals surface area contributed by atoms with Gasteiger partial charge in [0, 0.05) is 0 Å². The molecule has 0 radical (unpaired) electrons. The van der Waals surface area contributed by atoms with Crippen molar-refractivity contribution in [2.45, 2.75) is 12.3 Å². The highest BCUT2D eigenvalue weighted by Crippen LogP contribution is 2.32. The van der Waals surface area contributed by atoms with Gasteiger partial charge in [0.2, 0.25) is 0 Å². The number of carbonyl (C=O) groups excluding carboxylic acids is 1. The fourth-order valence-electron chi connectivity index (χ4n) is 2.40. The van der Waals surface area contributed by atoms with Gasteiger partial charge in [-0.3, -0.25) is 4.79 Å². The maximum atomic E-state index is 13.0. The average Bonchev–Trinajstić information content (AvgIpc) is 3.29. The standard InChI is InChI=1S/C18H14F3NO4/c19-18(20,21)12-5-2-1-4-11(12)17(24)22-10-13(23)14-7-8-16(26-14)15-6-3-9-25-15/h1-9,13,23H,10H2,(H,22,24). The van der Waals surface area contributed by atoms with Crippen molar-refractivity contribution in [3.05, 3.63) is 71.7 Å². The van der Waals surface area contributed by atoms with Crippen LogP contribution < -0.4 is 5.32 Å². The molecule has 1 unspecified atom stereocenters. The van der Waals surface area contributed by atoms with Crippen LogP contribution in [0.4, 0.5) is 13.2 Å². The van der Waals surface area contributed by atoms with Gasteiger partial charge >= 0.3 is 6.18 Å². The van der Waals surface area contributed by atoms with E-state index >= 15 is 0 Å². The molecule has 1 amide bonds. The van der Waals surface area contributed by atoms with E-state index in [0.717, 1.165) is 12.1 Å². The number of benzene rings is 1. The van der Waals surface area contributed by atoms with Crippen molar-refractivity contribution in [1.29, 1.82) is 0 Å². The molecule has 0 fully saturated rings. The largest absolute Gasteiger partial charge is 0.461 e. The number of hydrogen-bond donors (Lipinski definition) is 2. The minimum atomic E-state index is -4.65. The molecule has 3 aromatic rings. The molecule has 0 aliphatic rings. The second kappa shape index (κ2) is 7.09. The first-order chi connectivity index (χ1) is 12.4. The monoisotopic (exact) mass is 365 g/mol. The van der Waals surface area contributed by atoms with Gasteiger partial charge in [-0.1, -0.05) is 12.1 Å². The molecule has 0 saturated heterocycles. The predicted octanol–water partition coefficient (Wildman–Crippen LogP) is 4.02. The molecule has 0 spiro atoms. The van der Waals surface area contributed by atoms with Crippen molar-refractivity contribution < 1.29 is 31.9 Å². The van der Waals surface area contributed by atoms with E-state index in [1.165, 1.54) is 24.5 Å². The number of nitrogens with one attached hydrogen (secondary N) is 1. The Morgan fingerprint density at radius 2 is 1.85 bits per heavy atom. The van der Waals surface area contributed by atoms with Crippen molar-refractivity contribution in [3.63, 3.8) is 0 Å². The molecule has 0 aliphatic carbocycles. The van der Waals surface area contributed by atoms with Gasteiger partial charge in [-0.25, -0.2) is 0 Å². The zero-order valence-electron chi connectivity index (χ0n) is 13.3. The van der Waals surface area contributed by atoms with Crippen molar-refractivity contribution >= 4 is 5.91 Å². The fraction of sp³-hybridized carbons (Fsp3) is 0.167. The first kappa shape index (κ1) is 17.8. The number of aliphatic hydroxyl groups excluding tert-OH is 1. The van der Waals surface area contributed by atoms with Gasteiger partial charge in [-0.05, 0) is 36.4 Å². The van der Waals surface area contributed by atoms with Crippen molar-refractivity contribution in [2.24, 2.45) is 0 Å². The molecule has 0 aliphatic heterocycles. The van der Waals surface area contributed by atoms with E-state index in [1.54, 1.807) is 18.2 Å². The molecule has 2 N–H and O–H groups in total. The maximum absolute atomic E-state index is 13.0. The Labute approximate surface area is 146 Å². The number of carbonyl (C=O) groups is 1. The van der Waals surface area contributed by atoms with Gasteiger partial charge in [0.05, 0.1) is 23.9 Å². The minimum absolute atomic E-state index is 0.154. The Kier molecular flexibility index (Phi) is 4.85. The third-order valence-corrected chi connectivity index (χ3v) is 3.65. The summed E-state index contributed by atoms with van der Waals surface area (Å²) in [5, 5.41) is 12.4. The highest BCUT2D eigenvalue weighted by Gasteiger charge is 2.34. The normalized spacial score (nSPS) is 12.8. The summed E-state index contributed by atoms with van der Waals surface area (Å²) in [6.45, 7) is -0.309. The van der Waals surface area contributed by atoms with Crippen LogP contribution in [0.15, 0.2) is 63.6 Å². The summed E-state index contributed by atoms with van der Waals surface area (Å²) in [7, 11) is 0. The number of amides is 1. The molecule has 1 aromatic carbocycles. The highest BCUT2D eigenvalue weighted by atomic mass is 19.4. The molecule has 8 heteroatoms. The molecule has 2 heterocycles. The van der Waals surface area contributed by atoms with Gasteiger partial charge in [-0.2, -0.15) is 13.2 Å². The Morgan fingerprint density at radius 3 is 2.54 bits per heavy atom. The quantitative estimate of drug-likeness (QED) is 0.716. The third kappa shape index (κ3) is 3.80. The van der Waals surface area contributed by atoms with E-state index in [1.807, 2.05) is 0 Å². The Balaban J connectivity index is 1.67. The van der Waals surface area contributed by atoms with Gasteiger partial charge in [-0.15, -0.1) is 0 Å². The number of hydrogen-bond acceptors (Lipinski definition) is 4. The summed E-state index contributed by atoms with van der Waals surface area (Å²) < 4.78 is 49.5. The molecule has 1 atom stereocenters. The average molecular weight is 365 g/mol. The molecule has 5 nitrogen and oxygen atoms in total. The number of alkyl halides is 3. The summed E-state index contributed by atoms with van der Waals surface area (Å²) in [6.07, 6.45) is -4.40. The first-order valence-corrected chi connectivity index (χ1v) is 7.62. The predicted molar refractivity (Wildman–Crippen MR) is 85.1 cm³/mol. The lowest BCUT2D eigenvalue weighted by atomic mass is 10.1. The van der Waals surface area contributed by atoms with E-state index in [9.17, 15) is 23.1 Å². The molecule has 26 heavy (non-hydrogen) atoms. The topological polar surface area (TPSA) is 75.6 Å². The van der Waals surface area contributed by atoms with E-state index in [4.69, 9.17) is 8.83 Å². The summed E-state index contributed by atoms with van der Waals surface area (Å²) in [6, 6.07) is 10.9. The molecular weight excluding hydrogens is 351 g/mol. The summed E-state index contributed by atoms with van der Waals surface area (Å²) in [5.41, 5.74) is -1.55. The van der Waals surface area contributed by atoms with Gasteiger partial charge in [0.15, 0.2) is 11.5 Å². The van der Waals surface area contributed by atoms with Gasteiger partial charge in [0.1, 0.15) is 11.9 Å². The van der Waals surface area contributed by atoms with Crippen LogP contribution in [0.1, 0.15) is 27.8 Å². The van der Waals surface area contributed by atoms with E-state index < -0.39 is 29.3 Å².